The molecule has 0 aliphatic carbocycles. The van der Waals surface area contributed by atoms with E-state index in [1.807, 2.05) is 11.4 Å². The minimum Gasteiger partial charge on any atom is -0.370 e. The van der Waals surface area contributed by atoms with Crippen LogP contribution in [0, 0.1) is 0 Å². The summed E-state index contributed by atoms with van der Waals surface area (Å²) in [5.74, 6) is -0.246. The predicted molar refractivity (Wildman–Crippen MR) is 107 cm³/mol. The molecule has 1 aliphatic rings. The molecule has 1 fully saturated rings. The molecule has 2 aromatic rings. The van der Waals surface area contributed by atoms with Gasteiger partial charge in [-0.3, -0.25) is 9.59 Å². The maximum absolute atomic E-state index is 12.5. The fourth-order valence-corrected chi connectivity index (χ4v) is 3.75. The van der Waals surface area contributed by atoms with Crippen LogP contribution in [0.4, 0.5) is 5.69 Å². The van der Waals surface area contributed by atoms with E-state index < -0.39 is 0 Å². The Hall–Kier alpha value is -2.22. The number of carbonyl (C=O) groups is 2. The summed E-state index contributed by atoms with van der Waals surface area (Å²) in [5, 5.41) is 7.73. The molecule has 0 atom stereocenters. The Morgan fingerprint density at radius 2 is 1.81 bits per heavy atom. The summed E-state index contributed by atoms with van der Waals surface area (Å²) < 4.78 is 5.41. The smallest absolute Gasteiger partial charge is 0.265 e. The molecular weight excluding hydrogens is 362 g/mol. The monoisotopic (exact) mass is 388 g/mol. The summed E-state index contributed by atoms with van der Waals surface area (Å²) in [5.41, 5.74) is 1.20. The summed E-state index contributed by atoms with van der Waals surface area (Å²) in [6.45, 7) is 8.38. The average molecular weight is 389 g/mol. The first kappa shape index (κ1) is 19.5. The van der Waals surface area contributed by atoms with Gasteiger partial charge in [0.25, 0.3) is 11.8 Å². The summed E-state index contributed by atoms with van der Waals surface area (Å²) in [7, 11) is 0. The van der Waals surface area contributed by atoms with Gasteiger partial charge >= 0.3 is 0 Å². The molecule has 0 spiro atoms. The third-order valence-electron chi connectivity index (χ3n) is 4.89. The summed E-state index contributed by atoms with van der Waals surface area (Å²) in [4.78, 5) is 26.6. The molecule has 1 aromatic carbocycles. The number of ether oxygens (including phenoxy) is 1. The van der Waals surface area contributed by atoms with Gasteiger partial charge in [0, 0.05) is 11.3 Å². The van der Waals surface area contributed by atoms with Crippen LogP contribution in [0.25, 0.3) is 0 Å². The quantitative estimate of drug-likeness (QED) is 0.701. The molecule has 3 rings (SSSR count). The van der Waals surface area contributed by atoms with E-state index in [0.717, 1.165) is 26.3 Å². The highest BCUT2D eigenvalue weighted by molar-refractivity contribution is 7.12. The number of benzene rings is 1. The minimum absolute atomic E-state index is 0.0476. The molecule has 1 saturated heterocycles. The van der Waals surface area contributed by atoms with E-state index in [1.165, 1.54) is 16.2 Å². The lowest BCUT2D eigenvalue weighted by Crippen LogP contribution is -3.22. The number of hydrogen-bond donors (Lipinski definition) is 3. The normalized spacial score (nSPS) is 15.3. The Balaban J connectivity index is 1.53. The Kier molecular flexibility index (Phi) is 6.26. The molecule has 0 radical (unpaired) electrons. The topological polar surface area (TPSA) is 71.9 Å². The van der Waals surface area contributed by atoms with Crippen LogP contribution in [0.15, 0.2) is 41.8 Å². The number of carbonyl (C=O) groups excluding carboxylic acids is 2. The molecule has 0 saturated carbocycles. The van der Waals surface area contributed by atoms with Gasteiger partial charge in [0.2, 0.25) is 0 Å². The van der Waals surface area contributed by atoms with Gasteiger partial charge < -0.3 is 20.3 Å². The van der Waals surface area contributed by atoms with Gasteiger partial charge in [-0.2, -0.15) is 0 Å². The van der Waals surface area contributed by atoms with Gasteiger partial charge in [0.15, 0.2) is 0 Å². The number of amides is 2. The van der Waals surface area contributed by atoms with Crippen molar-refractivity contribution in [3.05, 3.63) is 52.2 Å². The lowest BCUT2D eigenvalue weighted by Gasteiger charge is -2.37. The molecule has 0 unspecified atom stereocenters. The Morgan fingerprint density at radius 1 is 1.11 bits per heavy atom. The first-order chi connectivity index (χ1) is 13.0. The fourth-order valence-electron chi connectivity index (χ4n) is 3.13. The standard InChI is InChI=1S/C20H25N3O3S/c1-20(2,23-9-11-26-12-10-23)14-21-18(24)15-5-7-16(8-6-15)22-19(25)17-4-3-13-27-17/h3-8,13H,9-12,14H2,1-2H3,(H,21,24)(H,22,25)/p+1. The number of morpholine rings is 1. The second kappa shape index (κ2) is 8.65. The van der Waals surface area contributed by atoms with E-state index in [1.54, 1.807) is 30.3 Å². The third kappa shape index (κ3) is 5.15. The van der Waals surface area contributed by atoms with Crippen molar-refractivity contribution in [2.45, 2.75) is 19.4 Å². The zero-order valence-electron chi connectivity index (χ0n) is 15.7. The highest BCUT2D eigenvalue weighted by Gasteiger charge is 2.32. The summed E-state index contributed by atoms with van der Waals surface area (Å²) in [6.07, 6.45) is 0. The predicted octanol–water partition coefficient (Wildman–Crippen LogP) is 1.42. The van der Waals surface area contributed by atoms with E-state index in [-0.39, 0.29) is 17.4 Å². The van der Waals surface area contributed by atoms with Gasteiger partial charge in [0.05, 0.1) is 24.6 Å². The number of quaternary nitrogens is 1. The van der Waals surface area contributed by atoms with Crippen LogP contribution in [-0.4, -0.2) is 50.2 Å². The van der Waals surface area contributed by atoms with Crippen molar-refractivity contribution in [1.29, 1.82) is 0 Å². The van der Waals surface area contributed by atoms with Gasteiger partial charge in [-0.1, -0.05) is 6.07 Å². The van der Waals surface area contributed by atoms with Crippen LogP contribution in [-0.2, 0) is 4.74 Å². The van der Waals surface area contributed by atoms with Crippen LogP contribution in [0.5, 0.6) is 0 Å². The molecule has 3 N–H and O–H groups in total. The molecule has 2 amide bonds. The number of thiophene rings is 1. The number of rotatable bonds is 6. The second-order valence-corrected chi connectivity index (χ2v) is 8.24. The maximum atomic E-state index is 12.5. The molecule has 1 aromatic heterocycles. The van der Waals surface area contributed by atoms with E-state index in [4.69, 9.17) is 4.74 Å². The molecule has 7 heteroatoms. The van der Waals surface area contributed by atoms with Gasteiger partial charge in [-0.25, -0.2) is 0 Å². The maximum Gasteiger partial charge on any atom is 0.265 e. The first-order valence-electron chi connectivity index (χ1n) is 9.12. The van der Waals surface area contributed by atoms with Crippen molar-refractivity contribution >= 4 is 28.8 Å². The van der Waals surface area contributed by atoms with Crippen molar-refractivity contribution in [3.63, 3.8) is 0 Å². The summed E-state index contributed by atoms with van der Waals surface area (Å²) in [6, 6.07) is 10.6. The molecule has 2 heterocycles. The van der Waals surface area contributed by atoms with E-state index in [2.05, 4.69) is 24.5 Å². The van der Waals surface area contributed by atoms with Crippen LogP contribution >= 0.6 is 11.3 Å². The highest BCUT2D eigenvalue weighted by Crippen LogP contribution is 2.14. The summed E-state index contributed by atoms with van der Waals surface area (Å²) >= 11 is 1.39. The van der Waals surface area contributed by atoms with Gasteiger partial charge in [0.1, 0.15) is 18.6 Å². The molecule has 1 aliphatic heterocycles. The number of nitrogens with one attached hydrogen (secondary N) is 3. The lowest BCUT2D eigenvalue weighted by atomic mass is 10.0. The molecule has 6 nitrogen and oxygen atoms in total. The average Bonchev–Trinajstić information content (AvgIpc) is 3.22. The van der Waals surface area contributed by atoms with Crippen LogP contribution in [0.3, 0.4) is 0 Å². The van der Waals surface area contributed by atoms with E-state index in [0.29, 0.717) is 22.7 Å². The SMILES string of the molecule is CC(C)(CNC(=O)c1ccc(NC(=O)c2cccs2)cc1)[NH+]1CCOCC1. The van der Waals surface area contributed by atoms with Crippen LogP contribution in [0.2, 0.25) is 0 Å². The van der Waals surface area contributed by atoms with Gasteiger partial charge in [-0.05, 0) is 49.6 Å². The van der Waals surface area contributed by atoms with Crippen LogP contribution < -0.4 is 15.5 Å². The lowest BCUT2D eigenvalue weighted by molar-refractivity contribution is -0.954. The largest absolute Gasteiger partial charge is 0.370 e. The zero-order chi connectivity index (χ0) is 19.3. The van der Waals surface area contributed by atoms with Crippen molar-refractivity contribution < 1.29 is 19.2 Å². The zero-order valence-corrected chi connectivity index (χ0v) is 16.5. The molecule has 27 heavy (non-hydrogen) atoms. The van der Waals surface area contributed by atoms with E-state index >= 15 is 0 Å². The number of hydrogen-bond acceptors (Lipinski definition) is 4. The van der Waals surface area contributed by atoms with Crippen molar-refractivity contribution in [2.24, 2.45) is 0 Å². The minimum atomic E-state index is -0.141. The Labute approximate surface area is 163 Å². The number of anilines is 1. The second-order valence-electron chi connectivity index (χ2n) is 7.29. The van der Waals surface area contributed by atoms with Crippen LogP contribution in [0.1, 0.15) is 33.9 Å². The van der Waals surface area contributed by atoms with Gasteiger partial charge in [-0.15, -0.1) is 11.3 Å². The highest BCUT2D eigenvalue weighted by atomic mass is 32.1. The third-order valence-corrected chi connectivity index (χ3v) is 5.76. The van der Waals surface area contributed by atoms with E-state index in [9.17, 15) is 9.59 Å². The molecule has 0 bridgehead atoms. The molecular formula is C20H26N3O3S+. The Morgan fingerprint density at radius 3 is 2.44 bits per heavy atom. The Bertz CT molecular complexity index is 766. The first-order valence-corrected chi connectivity index (χ1v) is 10.00. The van der Waals surface area contributed by atoms with Crippen molar-refractivity contribution in [1.82, 2.24) is 5.32 Å². The fraction of sp³-hybridized carbons (Fsp3) is 0.400. The van der Waals surface area contributed by atoms with Crippen molar-refractivity contribution in [2.75, 3.05) is 38.2 Å². The van der Waals surface area contributed by atoms with Crippen molar-refractivity contribution in [3.8, 4) is 0 Å². The molecule has 144 valence electrons.